The number of carbonyl (C=O) groups is 1. The predicted molar refractivity (Wildman–Crippen MR) is 36.9 cm³/mol. The van der Waals surface area contributed by atoms with Gasteiger partial charge in [0.2, 0.25) is 0 Å². The predicted octanol–water partition coefficient (Wildman–Crippen LogP) is 1.92. The average molecular weight is 191 g/mol. The van der Waals surface area contributed by atoms with Crippen molar-refractivity contribution >= 4 is 40.8 Å². The van der Waals surface area contributed by atoms with Crippen LogP contribution in [0.1, 0.15) is 6.92 Å². The third-order valence-corrected chi connectivity index (χ3v) is 1.52. The van der Waals surface area contributed by atoms with Crippen molar-refractivity contribution < 1.29 is 9.53 Å². The molecule has 0 fully saturated rings. The summed E-state index contributed by atoms with van der Waals surface area (Å²) in [5.41, 5.74) is 0. The van der Waals surface area contributed by atoms with E-state index in [9.17, 15) is 4.79 Å². The maximum atomic E-state index is 10.2. The van der Waals surface area contributed by atoms with Gasteiger partial charge < -0.3 is 4.74 Å². The van der Waals surface area contributed by atoms with Crippen molar-refractivity contribution in [2.24, 2.45) is 0 Å². The number of halogens is 3. The lowest BCUT2D eigenvalue weighted by Gasteiger charge is -2.14. The van der Waals surface area contributed by atoms with E-state index in [4.69, 9.17) is 34.8 Å². The first-order valence-electron chi connectivity index (χ1n) is 2.11. The molecule has 9 heavy (non-hydrogen) atoms. The molecule has 0 unspecified atom stereocenters. The molecule has 0 heterocycles. The number of ether oxygens (including phenoxy) is 1. The molecule has 0 aliphatic carbocycles. The lowest BCUT2D eigenvalue weighted by molar-refractivity contribution is -0.143. The van der Waals surface area contributed by atoms with Crippen molar-refractivity contribution in [2.75, 3.05) is 5.88 Å². The van der Waals surface area contributed by atoms with E-state index in [-0.39, 0.29) is 5.88 Å². The molecule has 0 aliphatic heterocycles. The van der Waals surface area contributed by atoms with E-state index < -0.39 is 10.5 Å². The number of hydrogen-bond acceptors (Lipinski definition) is 2. The Morgan fingerprint density at radius 3 is 2.22 bits per heavy atom. The van der Waals surface area contributed by atoms with E-state index in [1.54, 1.807) is 0 Å². The minimum Gasteiger partial charge on any atom is -0.428 e. The van der Waals surface area contributed by atoms with E-state index in [1.807, 2.05) is 0 Å². The maximum absolute atomic E-state index is 10.2. The smallest absolute Gasteiger partial charge is 0.305 e. The summed E-state index contributed by atoms with van der Waals surface area (Å²) in [7, 11) is 0. The molecule has 0 spiro atoms. The molecule has 0 radical (unpaired) electrons. The van der Waals surface area contributed by atoms with Crippen LogP contribution in [0.25, 0.3) is 0 Å². The minimum absolute atomic E-state index is 0.143. The maximum Gasteiger partial charge on any atom is 0.305 e. The fraction of sp³-hybridized carbons (Fsp3) is 0.750. The van der Waals surface area contributed by atoms with Gasteiger partial charge in [-0.1, -0.05) is 23.2 Å². The van der Waals surface area contributed by atoms with Crippen molar-refractivity contribution in [1.82, 2.24) is 0 Å². The molecule has 0 amide bonds. The van der Waals surface area contributed by atoms with Crippen molar-refractivity contribution in [3.63, 3.8) is 0 Å². The van der Waals surface area contributed by atoms with Crippen LogP contribution in [0.5, 0.6) is 0 Å². The molecule has 5 heteroatoms. The van der Waals surface area contributed by atoms with Gasteiger partial charge >= 0.3 is 5.97 Å². The lowest BCUT2D eigenvalue weighted by atomic mass is 10.7. The molecular formula is C4H5Cl3O2. The van der Waals surface area contributed by atoms with Crippen LogP contribution in [-0.2, 0) is 9.53 Å². The van der Waals surface area contributed by atoms with Crippen molar-refractivity contribution in [2.45, 2.75) is 11.4 Å². The Morgan fingerprint density at radius 2 is 2.11 bits per heavy atom. The number of hydrogen-bond donors (Lipinski definition) is 0. The van der Waals surface area contributed by atoms with Crippen molar-refractivity contribution in [1.29, 1.82) is 0 Å². The fourth-order valence-electron chi connectivity index (χ4n) is 0.238. The summed E-state index contributed by atoms with van der Waals surface area (Å²) in [5.74, 6) is -0.698. The largest absolute Gasteiger partial charge is 0.428 e. The van der Waals surface area contributed by atoms with Crippen LogP contribution in [0.4, 0.5) is 0 Å². The molecule has 0 atom stereocenters. The second-order valence-corrected chi connectivity index (χ2v) is 3.05. The van der Waals surface area contributed by atoms with Gasteiger partial charge in [0.1, 0.15) is 0 Å². The summed E-state index contributed by atoms with van der Waals surface area (Å²) < 4.78 is 2.77. The molecule has 0 rings (SSSR count). The van der Waals surface area contributed by atoms with E-state index >= 15 is 0 Å². The van der Waals surface area contributed by atoms with Gasteiger partial charge in [0, 0.05) is 6.92 Å². The van der Waals surface area contributed by atoms with Crippen LogP contribution in [0.15, 0.2) is 0 Å². The van der Waals surface area contributed by atoms with Crippen LogP contribution in [-0.4, -0.2) is 16.4 Å². The van der Waals surface area contributed by atoms with E-state index in [2.05, 4.69) is 4.74 Å². The highest BCUT2D eigenvalue weighted by molar-refractivity contribution is 6.50. The number of carbonyl (C=O) groups excluding carboxylic acids is 1. The van der Waals surface area contributed by atoms with Gasteiger partial charge in [-0.05, 0) is 0 Å². The molecule has 0 aromatic heterocycles. The second kappa shape index (κ2) is 3.49. The van der Waals surface area contributed by atoms with Crippen LogP contribution in [0.2, 0.25) is 0 Å². The summed E-state index contributed by atoms with van der Waals surface area (Å²) in [6.45, 7) is 1.20. The molecule has 0 aromatic carbocycles. The number of esters is 1. The number of alkyl halides is 3. The molecular weight excluding hydrogens is 186 g/mol. The first-order valence-corrected chi connectivity index (χ1v) is 3.40. The number of rotatable bonds is 2. The Morgan fingerprint density at radius 1 is 1.67 bits per heavy atom. The quantitative estimate of drug-likeness (QED) is 0.492. The second-order valence-electron chi connectivity index (χ2n) is 1.36. The highest BCUT2D eigenvalue weighted by atomic mass is 35.5. The average Bonchev–Trinajstić information content (AvgIpc) is 1.63. The molecule has 0 saturated heterocycles. The zero-order valence-electron chi connectivity index (χ0n) is 4.66. The summed E-state index contributed by atoms with van der Waals surface area (Å²) >= 11 is 15.8. The summed E-state index contributed by atoms with van der Waals surface area (Å²) in [6.07, 6.45) is 0. The minimum atomic E-state index is -1.58. The van der Waals surface area contributed by atoms with Gasteiger partial charge in [0.05, 0.1) is 5.88 Å². The highest BCUT2D eigenvalue weighted by Crippen LogP contribution is 2.23. The Hall–Kier alpha value is 0.340. The summed E-state index contributed by atoms with van der Waals surface area (Å²) in [5, 5.41) is 0. The molecule has 0 saturated carbocycles. The Kier molecular flexibility index (Phi) is 3.63. The SMILES string of the molecule is CC(=O)OC(Cl)(Cl)CCl. The topological polar surface area (TPSA) is 26.3 Å². The zero-order chi connectivity index (χ0) is 7.49. The first-order chi connectivity index (χ1) is 3.98. The van der Waals surface area contributed by atoms with E-state index in [0.717, 1.165) is 0 Å². The van der Waals surface area contributed by atoms with Crippen LogP contribution in [0, 0.1) is 0 Å². The monoisotopic (exact) mass is 190 g/mol. The molecule has 0 aromatic rings. The van der Waals surface area contributed by atoms with Crippen LogP contribution >= 0.6 is 34.8 Å². The normalized spacial score (nSPS) is 11.1. The van der Waals surface area contributed by atoms with Gasteiger partial charge in [0.15, 0.2) is 0 Å². The Balaban J connectivity index is 3.71. The summed E-state index contributed by atoms with van der Waals surface area (Å²) in [4.78, 5) is 10.2. The van der Waals surface area contributed by atoms with Crippen molar-refractivity contribution in [3.05, 3.63) is 0 Å². The molecule has 2 nitrogen and oxygen atoms in total. The van der Waals surface area contributed by atoms with E-state index in [1.165, 1.54) is 6.92 Å². The van der Waals surface area contributed by atoms with Gasteiger partial charge in [-0.15, -0.1) is 11.6 Å². The highest BCUT2D eigenvalue weighted by Gasteiger charge is 2.25. The Labute approximate surface area is 68.0 Å². The molecule has 54 valence electrons. The van der Waals surface area contributed by atoms with Gasteiger partial charge in [-0.2, -0.15) is 0 Å². The third kappa shape index (κ3) is 4.82. The fourth-order valence-corrected chi connectivity index (χ4v) is 0.509. The van der Waals surface area contributed by atoms with Gasteiger partial charge in [-0.3, -0.25) is 4.79 Å². The third-order valence-electron chi connectivity index (χ3n) is 0.449. The lowest BCUT2D eigenvalue weighted by Crippen LogP contribution is -2.22. The van der Waals surface area contributed by atoms with Gasteiger partial charge in [0.25, 0.3) is 4.52 Å². The molecule has 0 bridgehead atoms. The van der Waals surface area contributed by atoms with Crippen molar-refractivity contribution in [3.8, 4) is 0 Å². The first kappa shape index (κ1) is 9.34. The van der Waals surface area contributed by atoms with Crippen LogP contribution < -0.4 is 0 Å². The zero-order valence-corrected chi connectivity index (χ0v) is 6.93. The van der Waals surface area contributed by atoms with Gasteiger partial charge in [-0.25, -0.2) is 0 Å². The summed E-state index contributed by atoms with van der Waals surface area (Å²) in [6, 6.07) is 0. The molecule has 0 N–H and O–H groups in total. The molecule has 0 aliphatic rings. The van der Waals surface area contributed by atoms with Crippen LogP contribution in [0.3, 0.4) is 0 Å². The Bertz CT molecular complexity index is 112. The standard InChI is InChI=1S/C4H5Cl3O2/c1-3(8)9-4(6,7)2-5/h2H2,1H3. The van der Waals surface area contributed by atoms with E-state index in [0.29, 0.717) is 0 Å².